The molecule has 0 saturated heterocycles. The third-order valence-corrected chi connectivity index (χ3v) is 15.0. The number of aryl methyl sites for hydroxylation is 3. The van der Waals surface area contributed by atoms with Crippen molar-refractivity contribution in [3.8, 4) is 11.5 Å². The quantitative estimate of drug-likeness (QED) is 0.00626. The van der Waals surface area contributed by atoms with Crippen LogP contribution in [0.5, 0.6) is 11.5 Å². The number of benzene rings is 1. The summed E-state index contributed by atoms with van der Waals surface area (Å²) in [4.78, 5) is 28.6. The molecule has 0 saturated carbocycles. The minimum Gasteiger partial charge on any atom is -1.00 e. The van der Waals surface area contributed by atoms with Gasteiger partial charge in [-0.25, -0.2) is 9.97 Å². The summed E-state index contributed by atoms with van der Waals surface area (Å²) >= 11 is 0. The van der Waals surface area contributed by atoms with Crippen molar-refractivity contribution in [3.63, 3.8) is 0 Å². The molecule has 5 N–H and O–H groups in total. The van der Waals surface area contributed by atoms with Gasteiger partial charge in [-0.3, -0.25) is 40.6 Å². The van der Waals surface area contributed by atoms with Crippen LogP contribution in [0, 0.1) is 6.92 Å². The number of amidine groups is 4. The molecular weight excluding hydrogens is 1500 g/mol. The molecule has 2 aliphatic heterocycles. The SMILES string of the molecule is CCc1cccnc1C1=NNC(c2ccc(O)cn2)=NN1.CCc1cccnc1C1=NNC(c2ccc(OCCOCCOCCOCCOCCOCCOCCOCCOC)cn2)=NN1.COCCOCCOCCOCCOCCOCCOCCOCCOS(=O)(=O)c1ccc(C)cc1.O=CO[O-].[H-].[K+].[K+]. The van der Waals surface area contributed by atoms with E-state index in [1.165, 1.54) is 18.3 Å². The Balaban J connectivity index is 0.000000838. The van der Waals surface area contributed by atoms with Crippen molar-refractivity contribution in [1.82, 2.24) is 41.6 Å². The van der Waals surface area contributed by atoms with Crippen molar-refractivity contribution in [2.45, 2.75) is 38.5 Å². The van der Waals surface area contributed by atoms with Gasteiger partial charge >= 0.3 is 103 Å². The number of aromatic hydroxyl groups is 1. The summed E-state index contributed by atoms with van der Waals surface area (Å²) in [5.41, 5.74) is 17.5. The van der Waals surface area contributed by atoms with E-state index in [0.717, 1.165) is 40.9 Å². The van der Waals surface area contributed by atoms with E-state index in [-0.39, 0.29) is 135 Å². The maximum Gasteiger partial charge on any atom is 1.00 e. The van der Waals surface area contributed by atoms with Crippen LogP contribution >= 0.6 is 0 Å². The minimum absolute atomic E-state index is 0. The molecule has 36 nitrogen and oxygen atoms in total. The van der Waals surface area contributed by atoms with Gasteiger partial charge in [-0.1, -0.05) is 43.7 Å². The fourth-order valence-electron chi connectivity index (χ4n) is 8.30. The molecule has 109 heavy (non-hydrogen) atoms. The van der Waals surface area contributed by atoms with E-state index in [1.54, 1.807) is 57.1 Å². The molecule has 2 aliphatic rings. The molecule has 5 aromatic rings. The summed E-state index contributed by atoms with van der Waals surface area (Å²) < 4.78 is 120. The van der Waals surface area contributed by atoms with Gasteiger partial charge in [0.05, 0.1) is 222 Å². The zero-order valence-corrected chi connectivity index (χ0v) is 70.7. The number of ether oxygens (including phenoxy) is 17. The predicted molar refractivity (Wildman–Crippen MR) is 389 cm³/mol. The first-order chi connectivity index (χ1) is 52.6. The number of hydrogen-bond acceptors (Lipinski definition) is 36. The number of methoxy groups -OCH3 is 2. The van der Waals surface area contributed by atoms with Crippen molar-refractivity contribution in [1.29, 1.82) is 0 Å². The molecule has 0 bridgehead atoms. The van der Waals surface area contributed by atoms with Crippen molar-refractivity contribution in [2.75, 3.05) is 226 Å². The second kappa shape index (κ2) is 68.8. The number of carbonyl (C=O) groups excluding carboxylic acids is 1. The second-order valence-electron chi connectivity index (χ2n) is 21.5. The van der Waals surface area contributed by atoms with Gasteiger partial charge in [0, 0.05) is 26.6 Å². The van der Waals surface area contributed by atoms with Gasteiger partial charge in [-0.05, 0) is 79.4 Å². The molecule has 0 fully saturated rings. The maximum absolute atomic E-state index is 12.0. The van der Waals surface area contributed by atoms with Crippen molar-refractivity contribution in [2.24, 2.45) is 20.4 Å². The Labute approximate surface area is 724 Å². The molecule has 598 valence electrons. The number of nitrogens with zero attached hydrogens (tertiary/aromatic N) is 8. The fourth-order valence-corrected chi connectivity index (χ4v) is 9.20. The number of nitrogens with one attached hydrogen (secondary N) is 4. The Hall–Kier alpha value is -4.73. The minimum atomic E-state index is -3.76. The Morgan fingerprint density at radius 3 is 1.02 bits per heavy atom. The van der Waals surface area contributed by atoms with Crippen LogP contribution in [0.1, 0.15) is 54.7 Å². The molecule has 0 spiro atoms. The van der Waals surface area contributed by atoms with Crippen LogP contribution in [-0.4, -0.2) is 289 Å². The normalized spacial score (nSPS) is 12.1. The summed E-state index contributed by atoms with van der Waals surface area (Å²) in [6.45, 7) is 20.9. The summed E-state index contributed by atoms with van der Waals surface area (Å²) in [7, 11) is -0.480. The Morgan fingerprint density at radius 2 is 0.725 bits per heavy atom. The number of carbonyl (C=O) groups is 1. The number of rotatable bonds is 58. The van der Waals surface area contributed by atoms with E-state index in [2.05, 4.69) is 80.8 Å². The number of hydrazone groups is 4. The molecule has 0 aliphatic carbocycles. The summed E-state index contributed by atoms with van der Waals surface area (Å²) in [5, 5.41) is 34.8. The standard InChI is InChI=1S/C31H48N6O9.C24H42O11S.C14H14N6O.CH2O3.2K.H/c1-3-26-5-4-8-32-29(26)31-36-34-30(35-37-31)28-7-6-27(25-33-28)46-24-23-45-22-21-44-20-19-43-18-17-42-16-15-41-14-13-40-12-11-39-10-9-38-2;1-23-3-5-24(6-4-23)36(25,26)35-22-21-34-20-19-33-18-17-32-16-15-31-14-13-30-12-11-29-10-9-28-8-7-27-2;1-2-9-4-3-7-15-12(9)14-19-17-13(18-20-14)11-6-5-10(21)8-16-11;2-1-4-3;;;/h4-8,25H,3,9-24H2,1-2H3,(H,34,35)(H,36,37);3-6H,7-22H2,1-2H3;3-8,21H,2H2,1H3,(H,17,18)(H,19,20);1,3H;;;/q;;;;2*+1;-1/p-1. The van der Waals surface area contributed by atoms with Crippen LogP contribution in [0.3, 0.4) is 0 Å². The van der Waals surface area contributed by atoms with E-state index in [9.17, 15) is 13.5 Å². The number of hydrogen-bond donors (Lipinski definition) is 5. The topological polar surface area (TPSA) is 419 Å². The summed E-state index contributed by atoms with van der Waals surface area (Å²) in [6, 6.07) is 21.1. The molecule has 1 aromatic carbocycles. The molecular formula is C70H106K2N12O24S. The van der Waals surface area contributed by atoms with Crippen LogP contribution < -0.4 is 134 Å². The van der Waals surface area contributed by atoms with Crippen LogP contribution in [0.4, 0.5) is 0 Å². The largest absolute Gasteiger partial charge is 1.00 e. The number of pyridine rings is 4. The average molecular weight is 1610 g/mol. The van der Waals surface area contributed by atoms with Gasteiger partial charge < -0.3 is 97.2 Å². The van der Waals surface area contributed by atoms with Crippen LogP contribution in [0.2, 0.25) is 0 Å². The molecule has 0 radical (unpaired) electrons. The van der Waals surface area contributed by atoms with Gasteiger partial charge in [-0.2, -0.15) is 28.8 Å². The molecule has 6 heterocycles. The maximum atomic E-state index is 12.0. The predicted octanol–water partition coefficient (Wildman–Crippen LogP) is -3.62. The first kappa shape index (κ1) is 100. The second-order valence-corrected chi connectivity index (χ2v) is 23.1. The van der Waals surface area contributed by atoms with Gasteiger partial charge in [0.25, 0.3) is 16.6 Å². The zero-order valence-electron chi connectivity index (χ0n) is 64.7. The van der Waals surface area contributed by atoms with Crippen molar-refractivity contribution < 1.29 is 217 Å². The first-order valence-corrected chi connectivity index (χ1v) is 36.2. The number of aromatic nitrogens is 4. The molecule has 4 aromatic heterocycles. The van der Waals surface area contributed by atoms with E-state index < -0.39 is 10.1 Å². The third-order valence-electron chi connectivity index (χ3n) is 13.7. The molecule has 0 amide bonds. The van der Waals surface area contributed by atoms with Crippen LogP contribution in [-0.2, 0) is 113 Å². The van der Waals surface area contributed by atoms with Crippen molar-refractivity contribution in [3.05, 3.63) is 137 Å². The fraction of sp³-hybridized carbons (Fsp3) is 0.557. The monoisotopic (exact) mass is 1610 g/mol. The Kier molecular flexibility index (Phi) is 63.4. The van der Waals surface area contributed by atoms with Gasteiger partial charge in [-0.15, -0.1) is 0 Å². The van der Waals surface area contributed by atoms with E-state index >= 15 is 0 Å². The molecule has 7 rings (SSSR count). The zero-order chi connectivity index (χ0) is 76.6. The van der Waals surface area contributed by atoms with Crippen LogP contribution in [0.15, 0.2) is 123 Å². The summed E-state index contributed by atoms with van der Waals surface area (Å²) in [5.74, 6) is 2.85. The van der Waals surface area contributed by atoms with E-state index in [1.807, 2.05) is 43.3 Å². The Bertz CT molecular complexity index is 3320. The van der Waals surface area contributed by atoms with Crippen molar-refractivity contribution >= 4 is 39.9 Å². The smallest absolute Gasteiger partial charge is 1.00 e. The molecule has 39 heteroatoms. The van der Waals surface area contributed by atoms with Gasteiger partial charge in [0.15, 0.2) is 23.3 Å². The van der Waals surface area contributed by atoms with E-state index in [0.29, 0.717) is 239 Å². The van der Waals surface area contributed by atoms with E-state index in [4.69, 9.17) is 94.8 Å². The third kappa shape index (κ3) is 48.8. The first-order valence-electron chi connectivity index (χ1n) is 34.8. The molecule has 0 unspecified atom stereocenters. The average Bonchev–Trinajstić information content (AvgIpc) is 0.837. The summed E-state index contributed by atoms with van der Waals surface area (Å²) in [6.07, 6.45) is 8.15. The van der Waals surface area contributed by atoms with Gasteiger partial charge in [0.2, 0.25) is 0 Å². The molecule has 0 atom stereocenters. The Morgan fingerprint density at radius 1 is 0.413 bits per heavy atom. The van der Waals surface area contributed by atoms with Crippen LogP contribution in [0.25, 0.3) is 0 Å². The van der Waals surface area contributed by atoms with Gasteiger partial charge in [0.1, 0.15) is 40.9 Å².